The van der Waals surface area contributed by atoms with Crippen LogP contribution in [0, 0.1) is 0 Å². The van der Waals surface area contributed by atoms with E-state index in [2.05, 4.69) is 82.9 Å². The highest BCUT2D eigenvalue weighted by atomic mass is 31.1. The summed E-state index contributed by atoms with van der Waals surface area (Å²) in [5.41, 5.74) is 1.99. The second kappa shape index (κ2) is 8.73. The molecule has 1 aromatic heterocycles. The molecule has 0 amide bonds. The monoisotopic (exact) mass is 384 g/mol. The lowest BCUT2D eigenvalue weighted by Crippen LogP contribution is -2.26. The van der Waals surface area contributed by atoms with Crippen molar-refractivity contribution >= 4 is 30.0 Å². The molecule has 1 unspecified atom stereocenters. The number of nitrogens with zero attached hydrogens (tertiary/aromatic N) is 3. The molecule has 0 spiro atoms. The maximum atomic E-state index is 4.79. The highest BCUT2D eigenvalue weighted by molar-refractivity contribution is 7.79. The zero-order valence-corrected chi connectivity index (χ0v) is 16.5. The molecule has 138 valence electrons. The summed E-state index contributed by atoms with van der Waals surface area (Å²) < 4.78 is 0. The second-order valence-corrected chi connectivity index (χ2v) is 8.50. The van der Waals surface area contributed by atoms with E-state index in [4.69, 9.17) is 4.98 Å². The van der Waals surface area contributed by atoms with Crippen LogP contribution < -0.4 is 21.5 Å². The third-order valence-electron chi connectivity index (χ3n) is 4.43. The predicted octanol–water partition coefficient (Wildman–Crippen LogP) is 3.80. The molecule has 4 nitrogen and oxygen atoms in total. The number of anilines is 1. The molecule has 0 aliphatic rings. The molecule has 0 bridgehead atoms. The van der Waals surface area contributed by atoms with Gasteiger partial charge in [0.25, 0.3) is 0 Å². The van der Waals surface area contributed by atoms with Gasteiger partial charge in [0.15, 0.2) is 5.57 Å². The third kappa shape index (κ3) is 4.24. The van der Waals surface area contributed by atoms with Gasteiger partial charge in [-0.1, -0.05) is 91.0 Å². The molecule has 0 saturated carbocycles. The Bertz CT molecular complexity index is 971. The molecule has 1 heterocycles. The Hall–Kier alpha value is -3.10. The standard InChI is InChI=1S/C23H21N4P/c1-18(19-11-5-2-6-12-19)26-22-24-17-25-23(27-22)28(20-13-7-3-8-14-20)21-15-9-4-10-16-21/h2-18H,1H3,(H,24,25,26,27). The van der Waals surface area contributed by atoms with Crippen LogP contribution in [-0.2, 0) is 0 Å². The van der Waals surface area contributed by atoms with Crippen molar-refractivity contribution in [1.82, 2.24) is 15.0 Å². The first-order chi connectivity index (χ1) is 13.8. The first kappa shape index (κ1) is 18.3. The second-order valence-electron chi connectivity index (χ2n) is 6.39. The van der Waals surface area contributed by atoms with Gasteiger partial charge >= 0.3 is 0 Å². The molecule has 0 aliphatic heterocycles. The first-order valence-corrected chi connectivity index (χ1v) is 10.6. The highest BCUT2D eigenvalue weighted by Crippen LogP contribution is 2.31. The van der Waals surface area contributed by atoms with E-state index < -0.39 is 7.92 Å². The lowest BCUT2D eigenvalue weighted by atomic mass is 10.1. The maximum absolute atomic E-state index is 4.79. The van der Waals surface area contributed by atoms with E-state index in [1.807, 2.05) is 30.3 Å². The van der Waals surface area contributed by atoms with E-state index in [1.165, 1.54) is 16.2 Å². The number of benzene rings is 3. The summed E-state index contributed by atoms with van der Waals surface area (Å²) in [5, 5.41) is 5.84. The normalized spacial score (nSPS) is 11.9. The highest BCUT2D eigenvalue weighted by Gasteiger charge is 2.20. The maximum Gasteiger partial charge on any atom is 0.226 e. The molecule has 28 heavy (non-hydrogen) atoms. The lowest BCUT2D eigenvalue weighted by molar-refractivity contribution is 0.857. The quantitative estimate of drug-likeness (QED) is 0.514. The smallest absolute Gasteiger partial charge is 0.226 e. The van der Waals surface area contributed by atoms with Crippen molar-refractivity contribution in [2.45, 2.75) is 13.0 Å². The fraction of sp³-hybridized carbons (Fsp3) is 0.0870. The van der Waals surface area contributed by atoms with Crippen LogP contribution in [0.1, 0.15) is 18.5 Å². The van der Waals surface area contributed by atoms with Gasteiger partial charge in [-0.25, -0.2) is 9.97 Å². The van der Waals surface area contributed by atoms with Gasteiger partial charge in [-0.15, -0.1) is 0 Å². The Morgan fingerprint density at radius 1 is 0.714 bits per heavy atom. The fourth-order valence-corrected chi connectivity index (χ4v) is 5.08. The van der Waals surface area contributed by atoms with E-state index in [1.54, 1.807) is 6.33 Å². The first-order valence-electron chi connectivity index (χ1n) is 9.22. The van der Waals surface area contributed by atoms with Gasteiger partial charge in [-0.2, -0.15) is 4.98 Å². The molecule has 0 radical (unpaired) electrons. The van der Waals surface area contributed by atoms with Crippen LogP contribution in [0.3, 0.4) is 0 Å². The van der Waals surface area contributed by atoms with Crippen LogP contribution in [0.15, 0.2) is 97.3 Å². The predicted molar refractivity (Wildman–Crippen MR) is 117 cm³/mol. The summed E-state index contributed by atoms with van der Waals surface area (Å²) in [6.07, 6.45) is 1.60. The van der Waals surface area contributed by atoms with E-state index >= 15 is 0 Å². The van der Waals surface area contributed by atoms with Gasteiger partial charge in [0.2, 0.25) is 5.95 Å². The van der Waals surface area contributed by atoms with Gasteiger partial charge in [0, 0.05) is 7.92 Å². The van der Waals surface area contributed by atoms with Crippen molar-refractivity contribution in [2.24, 2.45) is 0 Å². The van der Waals surface area contributed by atoms with E-state index in [0.717, 1.165) is 5.57 Å². The summed E-state index contributed by atoms with van der Waals surface area (Å²) in [6.45, 7) is 2.11. The molecular formula is C23H21N4P. The van der Waals surface area contributed by atoms with Gasteiger partial charge in [0.1, 0.15) is 6.33 Å². The van der Waals surface area contributed by atoms with E-state index in [9.17, 15) is 0 Å². The Labute approximate surface area is 166 Å². The number of hydrogen-bond acceptors (Lipinski definition) is 4. The number of aromatic nitrogens is 3. The van der Waals surface area contributed by atoms with Gasteiger partial charge < -0.3 is 5.32 Å². The molecule has 1 N–H and O–H groups in total. The summed E-state index contributed by atoms with van der Waals surface area (Å²) in [6, 6.07) is 31.3. The number of hydrogen-bond donors (Lipinski definition) is 1. The lowest BCUT2D eigenvalue weighted by Gasteiger charge is -2.18. The SMILES string of the molecule is CC(Nc1ncnc(P(c2ccccc2)c2ccccc2)n1)c1ccccc1. The van der Waals surface area contributed by atoms with Gasteiger partial charge in [-0.3, -0.25) is 0 Å². The van der Waals surface area contributed by atoms with Crippen molar-refractivity contribution in [3.05, 3.63) is 103 Å². The Morgan fingerprint density at radius 3 is 1.82 bits per heavy atom. The fourth-order valence-electron chi connectivity index (χ4n) is 3.02. The van der Waals surface area contributed by atoms with Crippen molar-refractivity contribution in [1.29, 1.82) is 0 Å². The molecule has 1 atom stereocenters. The van der Waals surface area contributed by atoms with E-state index in [-0.39, 0.29) is 6.04 Å². The van der Waals surface area contributed by atoms with E-state index in [0.29, 0.717) is 5.95 Å². The van der Waals surface area contributed by atoms with Gasteiger partial charge in [-0.05, 0) is 23.1 Å². The Kier molecular flexibility index (Phi) is 5.69. The van der Waals surface area contributed by atoms with Crippen molar-refractivity contribution in [3.63, 3.8) is 0 Å². The Morgan fingerprint density at radius 2 is 1.25 bits per heavy atom. The zero-order chi connectivity index (χ0) is 19.2. The summed E-state index contributed by atoms with van der Waals surface area (Å²) in [4.78, 5) is 13.7. The summed E-state index contributed by atoms with van der Waals surface area (Å²) >= 11 is 0. The van der Waals surface area contributed by atoms with Crippen molar-refractivity contribution in [2.75, 3.05) is 5.32 Å². The van der Waals surface area contributed by atoms with Crippen LogP contribution in [-0.4, -0.2) is 15.0 Å². The van der Waals surface area contributed by atoms with Crippen LogP contribution in [0.25, 0.3) is 0 Å². The molecular weight excluding hydrogens is 363 g/mol. The molecule has 3 aromatic carbocycles. The zero-order valence-electron chi connectivity index (χ0n) is 15.6. The molecule has 0 fully saturated rings. The molecule has 0 aliphatic carbocycles. The molecule has 5 heteroatoms. The average Bonchev–Trinajstić information content (AvgIpc) is 2.76. The largest absolute Gasteiger partial charge is 0.348 e. The van der Waals surface area contributed by atoms with Gasteiger partial charge in [0.05, 0.1) is 6.04 Å². The molecule has 4 rings (SSSR count). The number of rotatable bonds is 6. The minimum atomic E-state index is -0.844. The molecule has 4 aromatic rings. The minimum absolute atomic E-state index is 0.108. The van der Waals surface area contributed by atoms with Crippen LogP contribution >= 0.6 is 7.92 Å². The average molecular weight is 384 g/mol. The summed E-state index contributed by atoms with van der Waals surface area (Å²) in [5.74, 6) is 0.598. The summed E-state index contributed by atoms with van der Waals surface area (Å²) in [7, 11) is -0.844. The molecule has 0 saturated heterocycles. The number of nitrogens with one attached hydrogen (secondary N) is 1. The van der Waals surface area contributed by atoms with Crippen LogP contribution in [0.5, 0.6) is 0 Å². The van der Waals surface area contributed by atoms with Crippen LogP contribution in [0.2, 0.25) is 0 Å². The Balaban J connectivity index is 1.67. The van der Waals surface area contributed by atoms with Crippen molar-refractivity contribution in [3.8, 4) is 0 Å². The minimum Gasteiger partial charge on any atom is -0.348 e. The van der Waals surface area contributed by atoms with Crippen molar-refractivity contribution < 1.29 is 0 Å². The van der Waals surface area contributed by atoms with Crippen LogP contribution in [0.4, 0.5) is 5.95 Å². The third-order valence-corrected chi connectivity index (χ3v) is 6.68. The topological polar surface area (TPSA) is 50.7 Å².